The average Bonchev–Trinajstić information content (AvgIpc) is 2.22. The summed E-state index contributed by atoms with van der Waals surface area (Å²) in [6, 6.07) is 8.03. The Morgan fingerprint density at radius 3 is 2.40 bits per heavy atom. The molecule has 82 valence electrons. The van der Waals surface area contributed by atoms with E-state index in [1.54, 1.807) is 0 Å². The molecule has 0 aromatic heterocycles. The van der Waals surface area contributed by atoms with Crippen LogP contribution in [-0.4, -0.2) is 6.54 Å². The van der Waals surface area contributed by atoms with Crippen molar-refractivity contribution in [3.05, 3.63) is 42.1 Å². The third-order valence-corrected chi connectivity index (χ3v) is 2.57. The van der Waals surface area contributed by atoms with Gasteiger partial charge in [0, 0.05) is 23.8 Å². The van der Waals surface area contributed by atoms with Crippen LogP contribution in [0.15, 0.2) is 36.5 Å². The van der Waals surface area contributed by atoms with E-state index in [9.17, 15) is 0 Å². The Morgan fingerprint density at radius 1 is 1.33 bits per heavy atom. The quantitative estimate of drug-likeness (QED) is 0.724. The molecule has 2 nitrogen and oxygen atoms in total. The molecule has 1 rings (SSSR count). The van der Waals surface area contributed by atoms with Crippen molar-refractivity contribution in [2.45, 2.75) is 26.2 Å². The van der Waals surface area contributed by atoms with Gasteiger partial charge < -0.3 is 11.1 Å². The fraction of sp³-hybridized carbons (Fsp3) is 0.385. The summed E-state index contributed by atoms with van der Waals surface area (Å²) in [7, 11) is 0. The van der Waals surface area contributed by atoms with E-state index in [0.29, 0.717) is 5.92 Å². The second-order valence-corrected chi connectivity index (χ2v) is 3.68. The third-order valence-electron chi connectivity index (χ3n) is 2.57. The lowest BCUT2D eigenvalue weighted by Gasteiger charge is -2.19. The van der Waals surface area contributed by atoms with Crippen LogP contribution in [0.2, 0.25) is 0 Å². The zero-order chi connectivity index (χ0) is 11.3. The highest BCUT2D eigenvalue weighted by Gasteiger charge is 2.11. The molecule has 0 aliphatic rings. The lowest BCUT2D eigenvalue weighted by Crippen LogP contribution is -2.17. The summed E-state index contributed by atoms with van der Waals surface area (Å²) in [4.78, 5) is 0. The highest BCUT2D eigenvalue weighted by atomic mass is 14.9. The van der Waals surface area contributed by atoms with E-state index in [0.717, 1.165) is 24.4 Å². The van der Waals surface area contributed by atoms with Crippen molar-refractivity contribution in [1.29, 1.82) is 0 Å². The van der Waals surface area contributed by atoms with Gasteiger partial charge in [0.25, 0.3) is 0 Å². The van der Waals surface area contributed by atoms with Gasteiger partial charge in [0.15, 0.2) is 0 Å². The van der Waals surface area contributed by atoms with Crippen molar-refractivity contribution in [1.82, 2.24) is 5.32 Å². The number of rotatable bonds is 5. The molecule has 0 bridgehead atoms. The van der Waals surface area contributed by atoms with Gasteiger partial charge in [-0.15, -0.1) is 0 Å². The topological polar surface area (TPSA) is 38.0 Å². The molecule has 0 radical (unpaired) electrons. The van der Waals surface area contributed by atoms with Crippen LogP contribution in [0.5, 0.6) is 0 Å². The summed E-state index contributed by atoms with van der Waals surface area (Å²) in [5.41, 5.74) is 8.84. The van der Waals surface area contributed by atoms with E-state index in [2.05, 4.69) is 37.9 Å². The fourth-order valence-corrected chi connectivity index (χ4v) is 1.76. The molecule has 0 saturated carbocycles. The summed E-state index contributed by atoms with van der Waals surface area (Å²) in [5, 5.41) is 3.28. The van der Waals surface area contributed by atoms with Crippen LogP contribution in [0.1, 0.15) is 31.7 Å². The number of nitrogens with one attached hydrogen (secondary N) is 1. The zero-order valence-corrected chi connectivity index (χ0v) is 9.59. The predicted molar refractivity (Wildman–Crippen MR) is 66.7 cm³/mol. The molecule has 0 heterocycles. The molecule has 1 atom stereocenters. The fourth-order valence-electron chi connectivity index (χ4n) is 1.76. The Bertz CT molecular complexity index is 314. The molecule has 1 unspecified atom stereocenters. The Balaban J connectivity index is 2.82. The maximum Gasteiger partial charge on any atom is 0.0314 e. The first-order valence-corrected chi connectivity index (χ1v) is 5.47. The van der Waals surface area contributed by atoms with Crippen LogP contribution in [0.3, 0.4) is 0 Å². The van der Waals surface area contributed by atoms with Crippen LogP contribution in [0.25, 0.3) is 0 Å². The van der Waals surface area contributed by atoms with Crippen molar-refractivity contribution < 1.29 is 0 Å². The van der Waals surface area contributed by atoms with Crippen LogP contribution in [0.4, 0.5) is 5.69 Å². The lowest BCUT2D eigenvalue weighted by atomic mass is 9.93. The van der Waals surface area contributed by atoms with Crippen LogP contribution >= 0.6 is 0 Å². The van der Waals surface area contributed by atoms with Crippen molar-refractivity contribution in [3.63, 3.8) is 0 Å². The summed E-state index contributed by atoms with van der Waals surface area (Å²) in [6.45, 7) is 9.25. The predicted octanol–water partition coefficient (Wildman–Crippen LogP) is 2.89. The minimum absolute atomic E-state index is 0.380. The van der Waals surface area contributed by atoms with Crippen molar-refractivity contribution >= 4 is 5.69 Å². The van der Waals surface area contributed by atoms with E-state index in [1.807, 2.05) is 12.1 Å². The van der Waals surface area contributed by atoms with Gasteiger partial charge in [-0.05, 0) is 31.0 Å². The Morgan fingerprint density at radius 2 is 1.93 bits per heavy atom. The first-order chi connectivity index (χ1) is 7.19. The monoisotopic (exact) mass is 204 g/mol. The van der Waals surface area contributed by atoms with Crippen LogP contribution < -0.4 is 11.1 Å². The van der Waals surface area contributed by atoms with Gasteiger partial charge in [-0.2, -0.15) is 0 Å². The number of allylic oxidation sites excluding steroid dienone is 1. The van der Waals surface area contributed by atoms with Crippen LogP contribution in [-0.2, 0) is 0 Å². The van der Waals surface area contributed by atoms with Crippen molar-refractivity contribution in [3.8, 4) is 0 Å². The van der Waals surface area contributed by atoms with Crippen molar-refractivity contribution in [2.75, 3.05) is 12.3 Å². The number of nitrogens with two attached hydrogens (primary N) is 1. The highest BCUT2D eigenvalue weighted by Crippen LogP contribution is 2.25. The number of likely N-dealkylation sites (N-methyl/N-ethyl adjacent to an activating group) is 1. The van der Waals surface area contributed by atoms with E-state index < -0.39 is 0 Å². The molecule has 1 aromatic carbocycles. The number of nitrogen functional groups attached to an aromatic ring is 1. The molecule has 2 heteroatoms. The molecular weight excluding hydrogens is 184 g/mol. The second-order valence-electron chi connectivity index (χ2n) is 3.68. The summed E-state index contributed by atoms with van der Waals surface area (Å²) in [5.74, 6) is 0.380. The lowest BCUT2D eigenvalue weighted by molar-refractivity contribution is 0.679. The van der Waals surface area contributed by atoms with Crippen LogP contribution in [0, 0.1) is 0 Å². The molecule has 0 spiro atoms. The van der Waals surface area contributed by atoms with Gasteiger partial charge in [-0.1, -0.05) is 25.6 Å². The normalized spacial score (nSPS) is 12.1. The van der Waals surface area contributed by atoms with Gasteiger partial charge >= 0.3 is 0 Å². The summed E-state index contributed by atoms with van der Waals surface area (Å²) < 4.78 is 0. The Kier molecular flexibility index (Phi) is 4.22. The standard InChI is InChI=1S/C13H20N2/c1-4-13(10(3)15-5-2)11-6-8-12(14)9-7-11/h6-9,13,15H,3-5,14H2,1-2H3. The van der Waals surface area contributed by atoms with Crippen molar-refractivity contribution in [2.24, 2.45) is 0 Å². The van der Waals surface area contributed by atoms with Gasteiger partial charge in [0.2, 0.25) is 0 Å². The molecule has 0 saturated heterocycles. The number of benzene rings is 1. The largest absolute Gasteiger partial charge is 0.399 e. The van der Waals surface area contributed by atoms with E-state index in [-0.39, 0.29) is 0 Å². The number of hydrogen-bond donors (Lipinski definition) is 2. The second kappa shape index (κ2) is 5.44. The minimum Gasteiger partial charge on any atom is -0.399 e. The maximum atomic E-state index is 5.67. The number of hydrogen-bond acceptors (Lipinski definition) is 2. The highest BCUT2D eigenvalue weighted by molar-refractivity contribution is 5.41. The first-order valence-electron chi connectivity index (χ1n) is 5.47. The van der Waals surface area contributed by atoms with E-state index in [4.69, 9.17) is 5.73 Å². The van der Waals surface area contributed by atoms with E-state index in [1.165, 1.54) is 5.56 Å². The summed E-state index contributed by atoms with van der Waals surface area (Å²) in [6.07, 6.45) is 1.05. The Labute approximate surface area is 92.2 Å². The molecule has 0 amide bonds. The average molecular weight is 204 g/mol. The van der Waals surface area contributed by atoms with Gasteiger partial charge in [-0.3, -0.25) is 0 Å². The molecule has 0 fully saturated rings. The molecule has 1 aromatic rings. The smallest absolute Gasteiger partial charge is 0.0314 e. The zero-order valence-electron chi connectivity index (χ0n) is 9.59. The van der Waals surface area contributed by atoms with Gasteiger partial charge in [0.1, 0.15) is 0 Å². The van der Waals surface area contributed by atoms with Gasteiger partial charge in [0.05, 0.1) is 0 Å². The minimum atomic E-state index is 0.380. The summed E-state index contributed by atoms with van der Waals surface area (Å²) >= 11 is 0. The molecule has 3 N–H and O–H groups in total. The molecular formula is C13H20N2. The first kappa shape index (κ1) is 11.6. The SMILES string of the molecule is C=C(NCC)C(CC)c1ccc(N)cc1. The Hall–Kier alpha value is -1.44. The third kappa shape index (κ3) is 3.01. The molecule has 15 heavy (non-hydrogen) atoms. The van der Waals surface area contributed by atoms with E-state index >= 15 is 0 Å². The number of anilines is 1. The van der Waals surface area contributed by atoms with Gasteiger partial charge in [-0.25, -0.2) is 0 Å². The maximum absolute atomic E-state index is 5.67. The molecule has 0 aliphatic carbocycles. The molecule has 0 aliphatic heterocycles.